The third-order valence-electron chi connectivity index (χ3n) is 1.74. The van der Waals surface area contributed by atoms with Crippen LogP contribution in [0, 0.1) is 0 Å². The Morgan fingerprint density at radius 1 is 1.36 bits per heavy atom. The van der Waals surface area contributed by atoms with Gasteiger partial charge in [-0.3, -0.25) is 4.79 Å². The summed E-state index contributed by atoms with van der Waals surface area (Å²) in [4.78, 5) is 21.3. The number of carboxylic acid groups (broad SMARTS) is 1. The second kappa shape index (κ2) is 10.1. The summed E-state index contributed by atoms with van der Waals surface area (Å²) in [5, 5.41) is 12.6. The van der Waals surface area contributed by atoms with E-state index >= 15 is 0 Å². The zero-order valence-electron chi connectivity index (χ0n) is 9.13. The zero-order chi connectivity index (χ0) is 10.3. The molecular formula is C9H16KNO3. The molecule has 0 aromatic heterocycles. The van der Waals surface area contributed by atoms with E-state index in [4.69, 9.17) is 0 Å². The number of carbonyl (C=O) groups excluding carboxylic acids is 2. The van der Waals surface area contributed by atoms with Gasteiger partial charge in [0, 0.05) is 6.42 Å². The van der Waals surface area contributed by atoms with Gasteiger partial charge in [0.1, 0.15) is 0 Å². The molecule has 0 rings (SSSR count). The van der Waals surface area contributed by atoms with E-state index in [2.05, 4.69) is 5.32 Å². The SMILES string of the molecule is CCCCCC(=O)NC(C)C(=O)[O-].[K+]. The van der Waals surface area contributed by atoms with E-state index in [1.54, 1.807) is 0 Å². The predicted octanol–water partition coefficient (Wildman–Crippen LogP) is -3.17. The molecule has 1 amide bonds. The van der Waals surface area contributed by atoms with Crippen molar-refractivity contribution in [3.05, 3.63) is 0 Å². The molecule has 0 spiro atoms. The Kier molecular flexibility index (Phi) is 12.3. The topological polar surface area (TPSA) is 69.2 Å². The van der Waals surface area contributed by atoms with Crippen molar-refractivity contribution in [2.45, 2.75) is 45.6 Å². The minimum Gasteiger partial charge on any atom is -0.548 e. The van der Waals surface area contributed by atoms with Crippen LogP contribution in [0.4, 0.5) is 0 Å². The number of carboxylic acids is 1. The van der Waals surface area contributed by atoms with Gasteiger partial charge in [-0.25, -0.2) is 0 Å². The molecule has 0 radical (unpaired) electrons. The van der Waals surface area contributed by atoms with Crippen LogP contribution < -0.4 is 61.8 Å². The van der Waals surface area contributed by atoms with Crippen molar-refractivity contribution in [1.29, 1.82) is 0 Å². The van der Waals surface area contributed by atoms with Gasteiger partial charge >= 0.3 is 51.4 Å². The first kappa shape index (κ1) is 17.0. The molecule has 4 nitrogen and oxygen atoms in total. The van der Waals surface area contributed by atoms with Gasteiger partial charge in [-0.05, 0) is 13.3 Å². The average molecular weight is 225 g/mol. The standard InChI is InChI=1S/C9H17NO3.K/c1-3-4-5-6-8(11)10-7(2)9(12)13;/h7H,3-6H2,1-2H3,(H,10,11)(H,12,13);/q;+1/p-1. The van der Waals surface area contributed by atoms with Crippen LogP contribution in [0.1, 0.15) is 39.5 Å². The van der Waals surface area contributed by atoms with Crippen LogP contribution in [0.2, 0.25) is 0 Å². The van der Waals surface area contributed by atoms with Crippen molar-refractivity contribution >= 4 is 11.9 Å². The van der Waals surface area contributed by atoms with Crippen LogP contribution in [0.3, 0.4) is 0 Å². The summed E-state index contributed by atoms with van der Waals surface area (Å²) in [5.74, 6) is -1.46. The number of hydrogen-bond acceptors (Lipinski definition) is 3. The van der Waals surface area contributed by atoms with Gasteiger partial charge in [-0.2, -0.15) is 0 Å². The van der Waals surface area contributed by atoms with Crippen LogP contribution in [0.5, 0.6) is 0 Å². The third kappa shape index (κ3) is 9.14. The van der Waals surface area contributed by atoms with Crippen LogP contribution in [-0.2, 0) is 9.59 Å². The quantitative estimate of drug-likeness (QED) is 0.383. The van der Waals surface area contributed by atoms with Crippen LogP contribution in [0.25, 0.3) is 0 Å². The molecule has 5 heteroatoms. The third-order valence-corrected chi connectivity index (χ3v) is 1.74. The zero-order valence-corrected chi connectivity index (χ0v) is 12.3. The van der Waals surface area contributed by atoms with E-state index < -0.39 is 12.0 Å². The molecule has 0 aromatic rings. The Morgan fingerprint density at radius 3 is 2.36 bits per heavy atom. The summed E-state index contributed by atoms with van der Waals surface area (Å²) in [6.45, 7) is 3.44. The minimum absolute atomic E-state index is 0. The van der Waals surface area contributed by atoms with Crippen molar-refractivity contribution in [2.75, 3.05) is 0 Å². The fourth-order valence-electron chi connectivity index (χ4n) is 0.908. The van der Waals surface area contributed by atoms with Crippen molar-refractivity contribution < 1.29 is 66.1 Å². The van der Waals surface area contributed by atoms with Crippen molar-refractivity contribution in [1.82, 2.24) is 5.32 Å². The first-order chi connectivity index (χ1) is 6.07. The molecule has 1 atom stereocenters. The van der Waals surface area contributed by atoms with E-state index in [9.17, 15) is 14.7 Å². The molecule has 0 aliphatic carbocycles. The number of carbonyl (C=O) groups is 2. The molecular weight excluding hydrogens is 209 g/mol. The number of aliphatic carboxylic acids is 1. The molecule has 14 heavy (non-hydrogen) atoms. The largest absolute Gasteiger partial charge is 1.00 e. The van der Waals surface area contributed by atoms with Crippen molar-refractivity contribution in [2.24, 2.45) is 0 Å². The van der Waals surface area contributed by atoms with E-state index in [0.29, 0.717) is 6.42 Å². The molecule has 0 heterocycles. The average Bonchev–Trinajstić information content (AvgIpc) is 2.04. The summed E-state index contributed by atoms with van der Waals surface area (Å²) < 4.78 is 0. The molecule has 0 fully saturated rings. The van der Waals surface area contributed by atoms with Crippen molar-refractivity contribution in [3.8, 4) is 0 Å². The Morgan fingerprint density at radius 2 is 1.93 bits per heavy atom. The molecule has 0 aromatic carbocycles. The number of hydrogen-bond donors (Lipinski definition) is 1. The van der Waals surface area contributed by atoms with Gasteiger partial charge in [-0.15, -0.1) is 0 Å². The van der Waals surface area contributed by atoms with Gasteiger partial charge in [0.05, 0.1) is 12.0 Å². The minimum atomic E-state index is -1.25. The number of amides is 1. The summed E-state index contributed by atoms with van der Waals surface area (Å²) >= 11 is 0. The van der Waals surface area contributed by atoms with Gasteiger partial charge in [-0.1, -0.05) is 19.8 Å². The molecule has 0 bridgehead atoms. The normalized spacial score (nSPS) is 11.3. The number of nitrogens with one attached hydrogen (secondary N) is 1. The monoisotopic (exact) mass is 225 g/mol. The van der Waals surface area contributed by atoms with E-state index in [0.717, 1.165) is 19.3 Å². The predicted molar refractivity (Wildman–Crippen MR) is 46.8 cm³/mol. The Bertz CT molecular complexity index is 185. The van der Waals surface area contributed by atoms with Gasteiger partial charge in [0.15, 0.2) is 0 Å². The molecule has 0 aliphatic heterocycles. The maximum absolute atomic E-state index is 11.0. The van der Waals surface area contributed by atoms with Crippen LogP contribution >= 0.6 is 0 Å². The number of unbranched alkanes of at least 4 members (excludes halogenated alkanes) is 2. The second-order valence-corrected chi connectivity index (χ2v) is 3.07. The molecule has 0 saturated carbocycles. The van der Waals surface area contributed by atoms with Gasteiger partial charge in [0.2, 0.25) is 5.91 Å². The first-order valence-corrected chi connectivity index (χ1v) is 4.58. The Balaban J connectivity index is 0. The van der Waals surface area contributed by atoms with E-state index in [-0.39, 0.29) is 57.3 Å². The smallest absolute Gasteiger partial charge is 0.548 e. The molecule has 0 aliphatic rings. The molecule has 0 saturated heterocycles. The van der Waals surface area contributed by atoms with E-state index in [1.807, 2.05) is 6.92 Å². The second-order valence-electron chi connectivity index (χ2n) is 3.07. The van der Waals surface area contributed by atoms with Gasteiger partial charge < -0.3 is 15.2 Å². The molecule has 1 unspecified atom stereocenters. The Hall–Kier alpha value is 0.576. The van der Waals surface area contributed by atoms with E-state index in [1.165, 1.54) is 6.92 Å². The number of rotatable bonds is 6. The van der Waals surface area contributed by atoms with Crippen molar-refractivity contribution in [3.63, 3.8) is 0 Å². The molecule has 76 valence electrons. The fourth-order valence-corrected chi connectivity index (χ4v) is 0.908. The summed E-state index contributed by atoms with van der Waals surface area (Å²) in [6, 6.07) is -0.894. The maximum atomic E-state index is 11.0. The van der Waals surface area contributed by atoms with Crippen LogP contribution in [-0.4, -0.2) is 17.9 Å². The van der Waals surface area contributed by atoms with Gasteiger partial charge in [0.25, 0.3) is 0 Å². The summed E-state index contributed by atoms with van der Waals surface area (Å²) in [7, 11) is 0. The van der Waals surface area contributed by atoms with Crippen LogP contribution in [0.15, 0.2) is 0 Å². The first-order valence-electron chi connectivity index (χ1n) is 4.58. The summed E-state index contributed by atoms with van der Waals surface area (Å²) in [5.41, 5.74) is 0. The maximum Gasteiger partial charge on any atom is 1.00 e. The molecule has 1 N–H and O–H groups in total. The fraction of sp³-hybridized carbons (Fsp3) is 0.778. The summed E-state index contributed by atoms with van der Waals surface area (Å²) in [6.07, 6.45) is 3.24. The Labute approximate surface area is 127 Å².